The Morgan fingerprint density at radius 2 is 2.08 bits per heavy atom. The lowest BCUT2D eigenvalue weighted by molar-refractivity contribution is 0.474. The van der Waals surface area contributed by atoms with Crippen molar-refractivity contribution in [3.8, 4) is 5.75 Å². The number of halogens is 1. The molecule has 0 spiro atoms. The predicted molar refractivity (Wildman–Crippen MR) is 55.8 cm³/mol. The van der Waals surface area contributed by atoms with E-state index in [1.54, 1.807) is 6.07 Å². The fraction of sp³-hybridized carbons (Fsp3) is 0.100. The molecule has 0 aliphatic rings. The van der Waals surface area contributed by atoms with Crippen molar-refractivity contribution in [2.45, 2.75) is 6.92 Å². The molecule has 2 aromatic rings. The number of pyridine rings is 1. The van der Waals surface area contributed by atoms with E-state index in [4.69, 9.17) is 0 Å². The Hall–Kier alpha value is -1.09. The molecule has 1 heterocycles. The monoisotopic (exact) mass is 237 g/mol. The average Bonchev–Trinajstić information content (AvgIpc) is 2.08. The molecule has 0 radical (unpaired) electrons. The molecule has 13 heavy (non-hydrogen) atoms. The molecule has 0 fully saturated rings. The van der Waals surface area contributed by atoms with Gasteiger partial charge < -0.3 is 5.11 Å². The van der Waals surface area contributed by atoms with E-state index in [9.17, 15) is 5.11 Å². The lowest BCUT2D eigenvalue weighted by Crippen LogP contribution is -1.81. The van der Waals surface area contributed by atoms with Crippen LogP contribution in [0.3, 0.4) is 0 Å². The number of benzene rings is 1. The first-order chi connectivity index (χ1) is 6.16. The van der Waals surface area contributed by atoms with Gasteiger partial charge in [0.1, 0.15) is 5.75 Å². The van der Waals surface area contributed by atoms with Crippen LogP contribution in [-0.2, 0) is 0 Å². The van der Waals surface area contributed by atoms with Crippen molar-refractivity contribution in [3.63, 3.8) is 0 Å². The Bertz CT molecular complexity index is 468. The molecule has 0 saturated heterocycles. The van der Waals surface area contributed by atoms with Gasteiger partial charge in [0.2, 0.25) is 0 Å². The third-order valence-electron chi connectivity index (χ3n) is 1.95. The summed E-state index contributed by atoms with van der Waals surface area (Å²) in [6, 6.07) is 5.65. The number of aromatic nitrogens is 1. The highest BCUT2D eigenvalue weighted by molar-refractivity contribution is 9.10. The lowest BCUT2D eigenvalue weighted by Gasteiger charge is -2.01. The van der Waals surface area contributed by atoms with Crippen molar-refractivity contribution < 1.29 is 5.11 Å². The van der Waals surface area contributed by atoms with E-state index in [2.05, 4.69) is 20.9 Å². The van der Waals surface area contributed by atoms with E-state index in [0.717, 1.165) is 20.9 Å². The molecule has 0 saturated carbocycles. The van der Waals surface area contributed by atoms with E-state index >= 15 is 0 Å². The summed E-state index contributed by atoms with van der Waals surface area (Å²) >= 11 is 3.43. The summed E-state index contributed by atoms with van der Waals surface area (Å²) < 4.78 is 1.04. The molecule has 2 rings (SSSR count). The highest BCUT2D eigenvalue weighted by Crippen LogP contribution is 2.24. The molecule has 3 heteroatoms. The minimum Gasteiger partial charge on any atom is -0.506 e. The number of aryl methyl sites for hydroxylation is 1. The van der Waals surface area contributed by atoms with Crippen LogP contribution in [0.15, 0.2) is 28.9 Å². The molecular weight excluding hydrogens is 230 g/mol. The maximum absolute atomic E-state index is 9.22. The van der Waals surface area contributed by atoms with Crippen LogP contribution in [0.1, 0.15) is 5.56 Å². The van der Waals surface area contributed by atoms with E-state index in [-0.39, 0.29) is 5.75 Å². The number of hydrogen-bond donors (Lipinski definition) is 1. The van der Waals surface area contributed by atoms with Crippen molar-refractivity contribution in [3.05, 3.63) is 34.4 Å². The minimum atomic E-state index is 0.203. The average molecular weight is 238 g/mol. The van der Waals surface area contributed by atoms with Gasteiger partial charge in [-0.2, -0.15) is 0 Å². The third kappa shape index (κ3) is 1.52. The van der Waals surface area contributed by atoms with Crippen molar-refractivity contribution in [1.82, 2.24) is 4.98 Å². The largest absolute Gasteiger partial charge is 0.506 e. The first kappa shape index (κ1) is 8.51. The summed E-state index contributed by atoms with van der Waals surface area (Å²) in [5.41, 5.74) is 2.02. The van der Waals surface area contributed by atoms with Crippen LogP contribution in [0, 0.1) is 6.92 Å². The van der Waals surface area contributed by atoms with Crippen LogP contribution >= 0.6 is 15.9 Å². The van der Waals surface area contributed by atoms with Crippen LogP contribution in [0.5, 0.6) is 5.75 Å². The molecule has 2 nitrogen and oxygen atoms in total. The highest BCUT2D eigenvalue weighted by Gasteiger charge is 2.00. The van der Waals surface area contributed by atoms with Crippen molar-refractivity contribution in [1.29, 1.82) is 0 Å². The molecule has 0 amide bonds. The van der Waals surface area contributed by atoms with Crippen molar-refractivity contribution in [2.24, 2.45) is 0 Å². The van der Waals surface area contributed by atoms with Gasteiger partial charge in [-0.05, 0) is 30.7 Å². The quantitative estimate of drug-likeness (QED) is 0.765. The lowest BCUT2D eigenvalue weighted by atomic mass is 10.1. The molecule has 1 N–H and O–H groups in total. The Kier molecular flexibility index (Phi) is 1.96. The molecule has 0 bridgehead atoms. The Balaban J connectivity index is 2.81. The minimum absolute atomic E-state index is 0.203. The van der Waals surface area contributed by atoms with Crippen LogP contribution in [0.25, 0.3) is 10.9 Å². The summed E-state index contributed by atoms with van der Waals surface area (Å²) in [5.74, 6) is 0.203. The van der Waals surface area contributed by atoms with Gasteiger partial charge in [0, 0.05) is 9.86 Å². The fourth-order valence-electron chi connectivity index (χ4n) is 1.25. The molecule has 66 valence electrons. The van der Waals surface area contributed by atoms with Crippen LogP contribution < -0.4 is 0 Å². The van der Waals surface area contributed by atoms with Crippen LogP contribution in [0.4, 0.5) is 0 Å². The highest BCUT2D eigenvalue weighted by atomic mass is 79.9. The van der Waals surface area contributed by atoms with Crippen molar-refractivity contribution >= 4 is 26.8 Å². The van der Waals surface area contributed by atoms with Gasteiger partial charge >= 0.3 is 0 Å². The zero-order valence-corrected chi connectivity index (χ0v) is 8.67. The molecule has 0 aliphatic heterocycles. The van der Waals surface area contributed by atoms with Crippen molar-refractivity contribution in [2.75, 3.05) is 0 Å². The van der Waals surface area contributed by atoms with Crippen LogP contribution in [0.2, 0.25) is 0 Å². The second-order valence-corrected chi connectivity index (χ2v) is 3.84. The van der Waals surface area contributed by atoms with E-state index < -0.39 is 0 Å². The maximum Gasteiger partial charge on any atom is 0.134 e. The molecule has 0 unspecified atom stereocenters. The Morgan fingerprint density at radius 3 is 2.85 bits per heavy atom. The second kappa shape index (κ2) is 3.00. The number of aromatic hydroxyl groups is 1. The predicted octanol–water partition coefficient (Wildman–Crippen LogP) is 3.01. The summed E-state index contributed by atoms with van der Waals surface area (Å²) in [4.78, 5) is 4.10. The topological polar surface area (TPSA) is 33.1 Å². The van der Waals surface area contributed by atoms with E-state index in [0.29, 0.717) is 0 Å². The van der Waals surface area contributed by atoms with Gasteiger partial charge in [-0.15, -0.1) is 0 Å². The SMILES string of the molecule is Cc1cc2cc(O)cnc2cc1Br. The van der Waals surface area contributed by atoms with Gasteiger partial charge in [0.25, 0.3) is 0 Å². The van der Waals surface area contributed by atoms with E-state index in [1.807, 2.05) is 19.1 Å². The molecular formula is C10H8BrNO. The smallest absolute Gasteiger partial charge is 0.134 e. The Labute approximate surface area is 84.4 Å². The van der Waals surface area contributed by atoms with Crippen LogP contribution in [-0.4, -0.2) is 10.1 Å². The van der Waals surface area contributed by atoms with Gasteiger partial charge in [0.05, 0.1) is 11.7 Å². The summed E-state index contributed by atoms with van der Waals surface area (Å²) in [7, 11) is 0. The van der Waals surface area contributed by atoms with Gasteiger partial charge in [-0.25, -0.2) is 0 Å². The van der Waals surface area contributed by atoms with E-state index in [1.165, 1.54) is 6.20 Å². The summed E-state index contributed by atoms with van der Waals surface area (Å²) in [6.07, 6.45) is 1.45. The maximum atomic E-state index is 9.22. The molecule has 1 aromatic carbocycles. The molecule has 1 aromatic heterocycles. The summed E-state index contributed by atoms with van der Waals surface area (Å²) in [6.45, 7) is 2.01. The number of hydrogen-bond acceptors (Lipinski definition) is 2. The Morgan fingerprint density at radius 1 is 1.31 bits per heavy atom. The third-order valence-corrected chi connectivity index (χ3v) is 2.80. The second-order valence-electron chi connectivity index (χ2n) is 2.99. The number of fused-ring (bicyclic) bond motifs is 1. The molecule has 0 aliphatic carbocycles. The number of rotatable bonds is 0. The van der Waals surface area contributed by atoms with Gasteiger partial charge in [0.15, 0.2) is 0 Å². The zero-order valence-electron chi connectivity index (χ0n) is 7.08. The van der Waals surface area contributed by atoms with Gasteiger partial charge in [-0.3, -0.25) is 4.98 Å². The fourth-order valence-corrected chi connectivity index (χ4v) is 1.58. The first-order valence-electron chi connectivity index (χ1n) is 3.92. The summed E-state index contributed by atoms with van der Waals surface area (Å²) in [5, 5.41) is 10.2. The normalized spacial score (nSPS) is 10.6. The standard InChI is InChI=1S/C10H8BrNO/c1-6-2-7-3-8(13)5-12-10(7)4-9(6)11/h2-5,13H,1H3. The molecule has 0 atom stereocenters. The first-order valence-corrected chi connectivity index (χ1v) is 4.71. The van der Waals surface area contributed by atoms with Gasteiger partial charge in [-0.1, -0.05) is 15.9 Å². The zero-order chi connectivity index (χ0) is 9.42. The number of nitrogens with zero attached hydrogens (tertiary/aromatic N) is 1.